The summed E-state index contributed by atoms with van der Waals surface area (Å²) >= 11 is 0. The van der Waals surface area contributed by atoms with Gasteiger partial charge in [-0.2, -0.15) is 0 Å². The fourth-order valence-corrected chi connectivity index (χ4v) is 4.83. The summed E-state index contributed by atoms with van der Waals surface area (Å²) in [6.07, 6.45) is 7.07. The predicted molar refractivity (Wildman–Crippen MR) is 135 cm³/mol. The molecule has 1 heterocycles. The Labute approximate surface area is 199 Å². The Morgan fingerprint density at radius 1 is 1.00 bits per heavy atom. The van der Waals surface area contributed by atoms with Crippen LogP contribution >= 0.6 is 0 Å². The summed E-state index contributed by atoms with van der Waals surface area (Å²) in [4.78, 5) is 27.3. The normalized spacial score (nSPS) is 18.2. The number of hydrogen-bond acceptors (Lipinski definition) is 4. The zero-order valence-electron chi connectivity index (χ0n) is 19.2. The van der Waals surface area contributed by atoms with E-state index in [1.807, 2.05) is 60.7 Å². The third-order valence-corrected chi connectivity index (χ3v) is 6.63. The minimum atomic E-state index is -0.593. The Morgan fingerprint density at radius 2 is 1.68 bits per heavy atom. The molecule has 3 aromatic rings. The minimum absolute atomic E-state index is 0.228. The molecule has 0 bridgehead atoms. The van der Waals surface area contributed by atoms with Crippen molar-refractivity contribution in [2.45, 2.75) is 25.9 Å². The molecule has 172 valence electrons. The first-order chi connectivity index (χ1) is 16.5. The predicted octanol–water partition coefficient (Wildman–Crippen LogP) is 5.49. The summed E-state index contributed by atoms with van der Waals surface area (Å²) < 4.78 is 0. The largest absolute Gasteiger partial charge is 0.385 e. The van der Waals surface area contributed by atoms with E-state index in [0.717, 1.165) is 34.0 Å². The molecule has 5 rings (SSSR count). The highest BCUT2D eigenvalue weighted by atomic mass is 16.3. The second kappa shape index (κ2) is 9.27. The molecule has 5 heteroatoms. The van der Waals surface area contributed by atoms with Crippen LogP contribution in [0.5, 0.6) is 0 Å². The highest BCUT2D eigenvalue weighted by Gasteiger charge is 2.32. The van der Waals surface area contributed by atoms with Gasteiger partial charge in [0.15, 0.2) is 0 Å². The molecular weight excluding hydrogens is 424 g/mol. The number of carbonyl (C=O) groups is 2. The molecule has 0 radical (unpaired) electrons. The molecule has 0 fully saturated rings. The molecule has 2 aliphatic rings. The van der Waals surface area contributed by atoms with E-state index in [9.17, 15) is 14.7 Å². The lowest BCUT2D eigenvalue weighted by Crippen LogP contribution is -2.41. The van der Waals surface area contributed by atoms with Crippen molar-refractivity contribution in [1.82, 2.24) is 4.90 Å². The van der Waals surface area contributed by atoms with Crippen LogP contribution < -0.4 is 5.32 Å². The van der Waals surface area contributed by atoms with Crippen LogP contribution in [-0.4, -0.2) is 34.9 Å². The zero-order chi connectivity index (χ0) is 23.7. The average Bonchev–Trinajstić information content (AvgIpc) is 2.86. The van der Waals surface area contributed by atoms with Gasteiger partial charge in [0.1, 0.15) is 6.10 Å². The Bertz CT molecular complexity index is 1260. The van der Waals surface area contributed by atoms with E-state index in [-0.39, 0.29) is 11.8 Å². The van der Waals surface area contributed by atoms with Crippen LogP contribution in [0.4, 0.5) is 5.69 Å². The zero-order valence-corrected chi connectivity index (χ0v) is 19.2. The third-order valence-electron chi connectivity index (χ3n) is 6.63. The van der Waals surface area contributed by atoms with Crippen molar-refractivity contribution < 1.29 is 14.7 Å². The van der Waals surface area contributed by atoms with Crippen LogP contribution in [0.3, 0.4) is 0 Å². The minimum Gasteiger partial charge on any atom is -0.385 e. The number of allylic oxidation sites excluding steroid dienone is 3. The average molecular weight is 453 g/mol. The van der Waals surface area contributed by atoms with Crippen LogP contribution in [-0.2, 0) is 0 Å². The fourth-order valence-electron chi connectivity index (χ4n) is 4.83. The van der Waals surface area contributed by atoms with Gasteiger partial charge in [0, 0.05) is 35.3 Å². The quantitative estimate of drug-likeness (QED) is 0.367. The van der Waals surface area contributed by atoms with Gasteiger partial charge in [-0.1, -0.05) is 61.5 Å². The van der Waals surface area contributed by atoms with Crippen LogP contribution in [0.15, 0.2) is 84.5 Å². The van der Waals surface area contributed by atoms with Crippen LogP contribution in [0, 0.1) is 5.92 Å². The van der Waals surface area contributed by atoms with Crippen LogP contribution in [0.25, 0.3) is 10.8 Å². The summed E-state index contributed by atoms with van der Waals surface area (Å²) in [5.74, 6) is -0.0155. The standard InChI is InChI=1S/C29H28N2O3/c1-19-6-2-9-22(18-19)27(32)21-12-14-23(15-13-21)30-16-5-17-31-28(33)24-10-3-7-20-8-4-11-25(26(20)24)29(31)34/h2-4,6-15,19,27,30,32H,5,16-18H2,1H3. The van der Waals surface area contributed by atoms with Crippen molar-refractivity contribution in [3.8, 4) is 0 Å². The Balaban J connectivity index is 1.18. The SMILES string of the molecule is CC1C=CC=C(C(O)c2ccc(NCCCN3C(=O)c4cccc5cccc(c45)C3=O)cc2)C1. The number of aliphatic hydroxyl groups excluding tert-OH is 1. The van der Waals surface area contributed by atoms with E-state index < -0.39 is 6.10 Å². The number of benzene rings is 3. The molecule has 0 aromatic heterocycles. The summed E-state index contributed by atoms with van der Waals surface area (Å²) in [6.45, 7) is 3.12. The van der Waals surface area contributed by atoms with Gasteiger partial charge in [0.25, 0.3) is 11.8 Å². The highest BCUT2D eigenvalue weighted by molar-refractivity contribution is 6.25. The number of imide groups is 1. The van der Waals surface area contributed by atoms with Gasteiger partial charge < -0.3 is 10.4 Å². The number of aliphatic hydroxyl groups is 1. The van der Waals surface area contributed by atoms with Crippen molar-refractivity contribution in [2.75, 3.05) is 18.4 Å². The van der Waals surface area contributed by atoms with Gasteiger partial charge in [0.05, 0.1) is 0 Å². The van der Waals surface area contributed by atoms with Gasteiger partial charge in [-0.25, -0.2) is 0 Å². The number of nitrogens with one attached hydrogen (secondary N) is 1. The monoisotopic (exact) mass is 452 g/mol. The molecule has 3 aromatic carbocycles. The Hall–Kier alpha value is -3.70. The smallest absolute Gasteiger partial charge is 0.261 e. The second-order valence-corrected chi connectivity index (χ2v) is 9.08. The lowest BCUT2D eigenvalue weighted by Gasteiger charge is -2.27. The summed E-state index contributed by atoms with van der Waals surface area (Å²) in [5, 5.41) is 15.7. The molecule has 2 atom stereocenters. The van der Waals surface area contributed by atoms with Crippen molar-refractivity contribution in [2.24, 2.45) is 5.92 Å². The number of amides is 2. The number of carbonyl (C=O) groups excluding carboxylic acids is 2. The van der Waals surface area contributed by atoms with Crippen LogP contribution in [0.1, 0.15) is 52.1 Å². The molecular formula is C29H28N2O3. The second-order valence-electron chi connectivity index (χ2n) is 9.08. The molecule has 0 spiro atoms. The van der Waals surface area contributed by atoms with Gasteiger partial charge in [-0.15, -0.1) is 0 Å². The van der Waals surface area contributed by atoms with Gasteiger partial charge >= 0.3 is 0 Å². The number of rotatable bonds is 7. The summed E-state index contributed by atoms with van der Waals surface area (Å²) in [6, 6.07) is 18.9. The third kappa shape index (κ3) is 4.15. The van der Waals surface area contributed by atoms with Gasteiger partial charge in [-0.05, 0) is 59.5 Å². The fraction of sp³-hybridized carbons (Fsp3) is 0.241. The van der Waals surface area contributed by atoms with E-state index in [2.05, 4.69) is 18.3 Å². The molecule has 1 aliphatic heterocycles. The van der Waals surface area contributed by atoms with Gasteiger partial charge in [-0.3, -0.25) is 14.5 Å². The first-order valence-corrected chi connectivity index (χ1v) is 11.8. The molecule has 34 heavy (non-hydrogen) atoms. The molecule has 0 saturated heterocycles. The molecule has 5 nitrogen and oxygen atoms in total. The van der Waals surface area contributed by atoms with Crippen LogP contribution in [0.2, 0.25) is 0 Å². The maximum absolute atomic E-state index is 13.0. The van der Waals surface area contributed by atoms with Crippen molar-refractivity contribution in [3.63, 3.8) is 0 Å². The van der Waals surface area contributed by atoms with Crippen molar-refractivity contribution in [1.29, 1.82) is 0 Å². The number of nitrogens with zero attached hydrogens (tertiary/aromatic N) is 1. The lowest BCUT2D eigenvalue weighted by molar-refractivity contribution is 0.0610. The number of anilines is 1. The lowest BCUT2D eigenvalue weighted by atomic mass is 9.89. The Kier molecular flexibility index (Phi) is 6.03. The van der Waals surface area contributed by atoms with Crippen molar-refractivity contribution >= 4 is 28.3 Å². The molecule has 1 aliphatic carbocycles. The molecule has 2 unspecified atom stereocenters. The van der Waals surface area contributed by atoms with E-state index in [0.29, 0.717) is 36.6 Å². The van der Waals surface area contributed by atoms with E-state index >= 15 is 0 Å². The first-order valence-electron chi connectivity index (χ1n) is 11.8. The van der Waals surface area contributed by atoms with Gasteiger partial charge in [0.2, 0.25) is 0 Å². The number of hydrogen-bond donors (Lipinski definition) is 2. The molecule has 0 saturated carbocycles. The van der Waals surface area contributed by atoms with E-state index in [1.54, 1.807) is 12.1 Å². The van der Waals surface area contributed by atoms with Crippen molar-refractivity contribution in [3.05, 3.63) is 101 Å². The van der Waals surface area contributed by atoms with E-state index in [1.165, 1.54) is 4.90 Å². The van der Waals surface area contributed by atoms with E-state index in [4.69, 9.17) is 0 Å². The topological polar surface area (TPSA) is 69.6 Å². The first kappa shape index (κ1) is 22.1. The maximum atomic E-state index is 13.0. The molecule has 2 N–H and O–H groups in total. The summed E-state index contributed by atoms with van der Waals surface area (Å²) in [7, 11) is 0. The Morgan fingerprint density at radius 3 is 2.32 bits per heavy atom. The summed E-state index contributed by atoms with van der Waals surface area (Å²) in [5.41, 5.74) is 4.02. The molecule has 2 amide bonds. The highest BCUT2D eigenvalue weighted by Crippen LogP contribution is 2.31. The maximum Gasteiger partial charge on any atom is 0.261 e.